The lowest BCUT2D eigenvalue weighted by atomic mass is 9.44. The van der Waals surface area contributed by atoms with E-state index in [2.05, 4.69) is 5.32 Å². The van der Waals surface area contributed by atoms with Crippen LogP contribution in [0.15, 0.2) is 64.3 Å². The Balaban J connectivity index is 1.39. The molecule has 2 bridgehead atoms. The second-order valence-electron chi connectivity index (χ2n) is 18.5. The Morgan fingerprint density at radius 3 is 2.23 bits per heavy atom. The standard InChI is InChI=1S/C44H54N2O16/c1-22-26(59-37(52)31(49)30(25-15-12-18-56-25)45-38(53)61-40(3,4)5)20-44(55)35(60-36(51)24-13-10-9-11-14-24)33-42(8,34(50)32(58-23(2)47)29(22)41(44,6)7)27(48)19-28-43(33,21-57-28)62-39(54)46-16-17-46/h9-15,18,26-28,30-33,35,48-49,55H,16-17,19-21H2,1-8H3,(H,45,53)/t26-,27-,28+,30-,31+,32+,33-,35-,42+,43-,44+/m0/s1. The van der Waals surface area contributed by atoms with E-state index in [0.29, 0.717) is 13.1 Å². The van der Waals surface area contributed by atoms with Crippen LogP contribution in [0.5, 0.6) is 0 Å². The van der Waals surface area contributed by atoms with Crippen molar-refractivity contribution in [3.05, 3.63) is 71.2 Å². The number of hydrogen-bond acceptors (Lipinski definition) is 16. The number of aliphatic hydroxyl groups excluding tert-OH is 2. The van der Waals surface area contributed by atoms with Crippen molar-refractivity contribution in [3.8, 4) is 0 Å². The quantitative estimate of drug-likeness (QED) is 0.122. The lowest BCUT2D eigenvalue weighted by Crippen LogP contribution is -2.82. The van der Waals surface area contributed by atoms with Crippen molar-refractivity contribution >= 4 is 35.9 Å². The van der Waals surface area contributed by atoms with Gasteiger partial charge in [0, 0.05) is 38.3 Å². The molecule has 0 unspecified atom stereocenters. The minimum absolute atomic E-state index is 0.0250. The first-order chi connectivity index (χ1) is 29.0. The molecule has 3 heterocycles. The first-order valence-electron chi connectivity index (χ1n) is 20.6. The Morgan fingerprint density at radius 2 is 1.66 bits per heavy atom. The number of ether oxygens (including phenoxy) is 6. The Labute approximate surface area is 357 Å². The van der Waals surface area contributed by atoms with Gasteiger partial charge >= 0.3 is 30.1 Å². The van der Waals surface area contributed by atoms with Gasteiger partial charge in [0.15, 0.2) is 23.6 Å². The lowest BCUT2D eigenvalue weighted by Gasteiger charge is -2.67. The Bertz CT molecular complexity index is 2140. The first-order valence-corrected chi connectivity index (χ1v) is 20.6. The fourth-order valence-corrected chi connectivity index (χ4v) is 9.76. The number of carbonyl (C=O) groups is 6. The second-order valence-corrected chi connectivity index (χ2v) is 18.5. The number of hydrogen-bond donors (Lipinski definition) is 4. The summed E-state index contributed by atoms with van der Waals surface area (Å²) in [4.78, 5) is 85.0. The van der Waals surface area contributed by atoms with Gasteiger partial charge in [0.25, 0.3) is 0 Å². The van der Waals surface area contributed by atoms with Gasteiger partial charge in [-0.05, 0) is 70.0 Å². The molecule has 11 atom stereocenters. The van der Waals surface area contributed by atoms with E-state index in [0.717, 1.165) is 6.92 Å². The van der Waals surface area contributed by atoms with Crippen molar-refractivity contribution < 1.29 is 76.9 Å². The van der Waals surface area contributed by atoms with Crippen molar-refractivity contribution in [1.29, 1.82) is 0 Å². The van der Waals surface area contributed by atoms with E-state index in [-0.39, 0.29) is 35.5 Å². The van der Waals surface area contributed by atoms with Gasteiger partial charge in [-0.3, -0.25) is 9.59 Å². The highest BCUT2D eigenvalue weighted by Gasteiger charge is 2.78. The van der Waals surface area contributed by atoms with E-state index < -0.39 is 119 Å². The number of nitrogens with zero attached hydrogens (tertiary/aromatic N) is 1. The number of alkyl carbamates (subject to hydrolysis) is 1. The highest BCUT2D eigenvalue weighted by atomic mass is 16.6. The fraction of sp³-hybridized carbons (Fsp3) is 0.591. The second kappa shape index (κ2) is 15.8. The minimum Gasteiger partial charge on any atom is -0.467 e. The molecule has 2 saturated carbocycles. The maximum absolute atomic E-state index is 15.6. The van der Waals surface area contributed by atoms with E-state index in [4.69, 9.17) is 32.8 Å². The van der Waals surface area contributed by atoms with Gasteiger partial charge in [-0.15, -0.1) is 0 Å². The smallest absolute Gasteiger partial charge is 0.410 e. The number of carbonyl (C=O) groups excluding carboxylic acids is 6. The van der Waals surface area contributed by atoms with Gasteiger partial charge in [-0.1, -0.05) is 32.0 Å². The Hall–Kier alpha value is -5.30. The van der Waals surface area contributed by atoms with Crippen LogP contribution >= 0.6 is 0 Å². The topological polar surface area (TPSA) is 247 Å². The van der Waals surface area contributed by atoms with Crippen molar-refractivity contribution in [1.82, 2.24) is 10.2 Å². The molecule has 2 amide bonds. The van der Waals surface area contributed by atoms with Crippen LogP contribution in [0.25, 0.3) is 0 Å². The lowest BCUT2D eigenvalue weighted by molar-refractivity contribution is -0.342. The van der Waals surface area contributed by atoms with Crippen molar-refractivity contribution in [2.45, 2.75) is 128 Å². The first kappa shape index (κ1) is 44.7. The number of furan rings is 1. The predicted molar refractivity (Wildman–Crippen MR) is 212 cm³/mol. The predicted octanol–water partition coefficient (Wildman–Crippen LogP) is 3.31. The molecule has 4 N–H and O–H groups in total. The third kappa shape index (κ3) is 7.53. The molecule has 3 aliphatic carbocycles. The SMILES string of the molecule is CC(=O)O[C@H]1C(=O)[C@@]2(C)[C@H]([C@H](OC(=O)c3ccccc3)[C@]3(O)C[C@H](OC(=O)[C@H](O)[C@@H](NC(=O)OC(C)(C)C)c4ccco4)C(C)=C1C3(C)C)[C@]1(OC(=O)N3CC3)CO[C@@H]1C[C@@H]2O. The molecule has 18 heteroatoms. The Morgan fingerprint density at radius 1 is 0.984 bits per heavy atom. The number of benzene rings is 1. The summed E-state index contributed by atoms with van der Waals surface area (Å²) in [5.74, 6) is -5.64. The number of fused-ring (bicyclic) bond motifs is 5. The van der Waals surface area contributed by atoms with E-state index in [1.807, 2.05) is 0 Å². The molecule has 1 aromatic heterocycles. The van der Waals surface area contributed by atoms with E-state index in [9.17, 15) is 39.3 Å². The van der Waals surface area contributed by atoms with Crippen LogP contribution in [0.3, 0.4) is 0 Å². The highest BCUT2D eigenvalue weighted by Crippen LogP contribution is 2.64. The number of amides is 2. The monoisotopic (exact) mass is 866 g/mol. The minimum atomic E-state index is -2.42. The maximum Gasteiger partial charge on any atom is 0.410 e. The summed E-state index contributed by atoms with van der Waals surface area (Å²) in [6.07, 6.45) is -11.3. The number of ketones is 1. The van der Waals surface area contributed by atoms with Crippen molar-refractivity contribution in [3.63, 3.8) is 0 Å². The third-order valence-corrected chi connectivity index (χ3v) is 13.2. The van der Waals surface area contributed by atoms with Crippen LogP contribution < -0.4 is 5.32 Å². The normalized spacial score (nSPS) is 33.1. The molecule has 5 aliphatic rings. The molecule has 7 rings (SSSR count). The number of Topliss-reactive ketones (excluding diaryl/α,β-unsaturated/α-hetero) is 1. The van der Waals surface area contributed by atoms with Crippen LogP contribution in [0.1, 0.15) is 90.4 Å². The molecule has 4 fully saturated rings. The van der Waals surface area contributed by atoms with Crippen LogP contribution in [0.2, 0.25) is 0 Å². The number of nitrogens with one attached hydrogen (secondary N) is 1. The largest absolute Gasteiger partial charge is 0.467 e. The zero-order chi connectivity index (χ0) is 45.3. The van der Waals surface area contributed by atoms with Crippen LogP contribution in [0.4, 0.5) is 9.59 Å². The number of esters is 3. The van der Waals surface area contributed by atoms with Gasteiger partial charge in [-0.2, -0.15) is 0 Å². The molecule has 336 valence electrons. The summed E-state index contributed by atoms with van der Waals surface area (Å²) in [6.45, 7) is 12.4. The summed E-state index contributed by atoms with van der Waals surface area (Å²) in [6, 6.07) is 9.16. The molecule has 2 aromatic rings. The molecule has 2 saturated heterocycles. The third-order valence-electron chi connectivity index (χ3n) is 13.2. The average molecular weight is 867 g/mol. The number of aliphatic hydroxyl groups is 3. The van der Waals surface area contributed by atoms with Crippen LogP contribution in [-0.4, -0.2) is 129 Å². The molecule has 2 aliphatic heterocycles. The van der Waals surface area contributed by atoms with Crippen molar-refractivity contribution in [2.24, 2.45) is 16.7 Å². The van der Waals surface area contributed by atoms with E-state index >= 15 is 4.79 Å². The van der Waals surface area contributed by atoms with Gasteiger partial charge < -0.3 is 58.4 Å². The summed E-state index contributed by atoms with van der Waals surface area (Å²) in [5.41, 5.74) is -8.75. The maximum atomic E-state index is 15.6. The molecule has 0 spiro atoms. The molecule has 1 aromatic carbocycles. The van der Waals surface area contributed by atoms with E-state index in [1.54, 1.807) is 52.8 Å². The van der Waals surface area contributed by atoms with E-state index in [1.165, 1.54) is 49.3 Å². The van der Waals surface area contributed by atoms with Gasteiger partial charge in [0.2, 0.25) is 0 Å². The molecular weight excluding hydrogens is 812 g/mol. The molecular formula is C44H54N2O16. The molecule has 0 radical (unpaired) electrons. The zero-order valence-corrected chi connectivity index (χ0v) is 35.9. The van der Waals surface area contributed by atoms with Crippen LogP contribution in [-0.2, 0) is 42.8 Å². The van der Waals surface area contributed by atoms with Crippen LogP contribution in [0, 0.1) is 16.7 Å². The summed E-state index contributed by atoms with van der Waals surface area (Å²) < 4.78 is 41.3. The summed E-state index contributed by atoms with van der Waals surface area (Å²) >= 11 is 0. The highest BCUT2D eigenvalue weighted by molar-refractivity contribution is 5.95. The summed E-state index contributed by atoms with van der Waals surface area (Å²) in [5, 5.41) is 39.9. The molecule has 62 heavy (non-hydrogen) atoms. The summed E-state index contributed by atoms with van der Waals surface area (Å²) in [7, 11) is 0. The zero-order valence-electron chi connectivity index (χ0n) is 35.9. The fourth-order valence-electron chi connectivity index (χ4n) is 9.76. The number of rotatable bonds is 9. The van der Waals surface area contributed by atoms with Gasteiger partial charge in [0.1, 0.15) is 41.3 Å². The van der Waals surface area contributed by atoms with Gasteiger partial charge in [-0.25, -0.2) is 19.2 Å². The van der Waals surface area contributed by atoms with Crippen molar-refractivity contribution in [2.75, 3.05) is 19.7 Å². The molecule has 18 nitrogen and oxygen atoms in total. The average Bonchev–Trinajstić information content (AvgIpc) is 3.91. The van der Waals surface area contributed by atoms with Gasteiger partial charge in [0.05, 0.1) is 35.9 Å². The Kier molecular flexibility index (Phi) is 11.4.